The zero-order valence-electron chi connectivity index (χ0n) is 8.14. The molecule has 0 unspecified atom stereocenters. The van der Waals surface area contributed by atoms with E-state index >= 15 is 0 Å². The van der Waals surface area contributed by atoms with Gasteiger partial charge in [-0.15, -0.1) is 0 Å². The lowest BCUT2D eigenvalue weighted by molar-refractivity contribution is 0.0944. The molecule has 0 fully saturated rings. The first-order valence-electron chi connectivity index (χ1n) is 4.49. The fourth-order valence-electron chi connectivity index (χ4n) is 1.35. The van der Waals surface area contributed by atoms with E-state index in [-0.39, 0.29) is 5.91 Å². The lowest BCUT2D eigenvalue weighted by atomic mass is 10.1. The van der Waals surface area contributed by atoms with Gasteiger partial charge in [0.15, 0.2) is 0 Å². The van der Waals surface area contributed by atoms with Gasteiger partial charge in [0.1, 0.15) is 0 Å². The van der Waals surface area contributed by atoms with Gasteiger partial charge in [0.05, 0.1) is 17.4 Å². The van der Waals surface area contributed by atoms with Crippen molar-refractivity contribution in [3.63, 3.8) is 0 Å². The fraction of sp³-hybridized carbons (Fsp3) is 0.0909. The average molecular weight is 221 g/mol. The number of nitrogens with zero attached hydrogens (tertiary/aromatic N) is 2. The van der Waals surface area contributed by atoms with Crippen LogP contribution in [0, 0.1) is 6.92 Å². The summed E-state index contributed by atoms with van der Waals surface area (Å²) >= 11 is 5.70. The van der Waals surface area contributed by atoms with E-state index in [0.29, 0.717) is 10.6 Å². The highest BCUT2D eigenvalue weighted by molar-refractivity contribution is 6.30. The van der Waals surface area contributed by atoms with Crippen LogP contribution in [0.2, 0.25) is 5.02 Å². The molecule has 0 saturated carbocycles. The lowest BCUT2D eigenvalue weighted by Crippen LogP contribution is -2.13. The summed E-state index contributed by atoms with van der Waals surface area (Å²) in [4.78, 5) is 11.9. The van der Waals surface area contributed by atoms with Crippen molar-refractivity contribution in [3.05, 3.63) is 52.8 Å². The molecular weight excluding hydrogens is 212 g/mol. The quantitative estimate of drug-likeness (QED) is 0.740. The number of carbonyl (C=O) groups is 1. The van der Waals surface area contributed by atoms with E-state index in [1.54, 1.807) is 6.07 Å². The maximum absolute atomic E-state index is 11.9. The minimum Gasteiger partial charge on any atom is -0.267 e. The summed E-state index contributed by atoms with van der Waals surface area (Å²) in [5, 5.41) is 4.32. The Kier molecular flexibility index (Phi) is 2.56. The minimum atomic E-state index is -0.167. The number of hydrogen-bond donors (Lipinski definition) is 0. The number of carbonyl (C=O) groups excluding carboxylic acids is 1. The summed E-state index contributed by atoms with van der Waals surface area (Å²) in [5.74, 6) is -0.167. The normalized spacial score (nSPS) is 10.3. The van der Waals surface area contributed by atoms with Gasteiger partial charge in [-0.05, 0) is 18.6 Å². The number of halogens is 1. The SMILES string of the molecule is Cc1ccccc1C(=O)n1cc(Cl)cn1. The Balaban J connectivity index is 2.41. The molecule has 0 spiro atoms. The molecule has 15 heavy (non-hydrogen) atoms. The van der Waals surface area contributed by atoms with Gasteiger partial charge in [0, 0.05) is 5.56 Å². The van der Waals surface area contributed by atoms with E-state index in [4.69, 9.17) is 11.6 Å². The summed E-state index contributed by atoms with van der Waals surface area (Å²) in [7, 11) is 0. The van der Waals surface area contributed by atoms with E-state index < -0.39 is 0 Å². The van der Waals surface area contributed by atoms with Crippen LogP contribution >= 0.6 is 11.6 Å². The Morgan fingerprint density at radius 2 is 2.13 bits per heavy atom. The molecule has 0 N–H and O–H groups in total. The van der Waals surface area contributed by atoms with E-state index in [9.17, 15) is 4.79 Å². The van der Waals surface area contributed by atoms with Crippen molar-refractivity contribution in [3.8, 4) is 0 Å². The van der Waals surface area contributed by atoms with Crippen LogP contribution < -0.4 is 0 Å². The molecule has 4 heteroatoms. The molecule has 1 aromatic heterocycles. The van der Waals surface area contributed by atoms with Crippen molar-refractivity contribution in [2.45, 2.75) is 6.92 Å². The maximum Gasteiger partial charge on any atom is 0.278 e. The van der Waals surface area contributed by atoms with E-state index in [2.05, 4.69) is 5.10 Å². The molecule has 0 aliphatic carbocycles. The highest BCUT2D eigenvalue weighted by atomic mass is 35.5. The van der Waals surface area contributed by atoms with Crippen LogP contribution in [0.25, 0.3) is 0 Å². The predicted molar refractivity (Wildman–Crippen MR) is 58.1 cm³/mol. The largest absolute Gasteiger partial charge is 0.278 e. The topological polar surface area (TPSA) is 34.9 Å². The number of benzene rings is 1. The first-order chi connectivity index (χ1) is 7.18. The molecule has 0 bridgehead atoms. The van der Waals surface area contributed by atoms with Crippen LogP contribution in [-0.4, -0.2) is 15.7 Å². The van der Waals surface area contributed by atoms with E-state index in [0.717, 1.165) is 5.56 Å². The van der Waals surface area contributed by atoms with Crippen molar-refractivity contribution in [1.29, 1.82) is 0 Å². The zero-order valence-corrected chi connectivity index (χ0v) is 8.90. The van der Waals surface area contributed by atoms with Gasteiger partial charge >= 0.3 is 0 Å². The smallest absolute Gasteiger partial charge is 0.267 e. The molecule has 3 nitrogen and oxygen atoms in total. The molecule has 1 heterocycles. The Labute approximate surface area is 92.3 Å². The van der Waals surface area contributed by atoms with Crippen LogP contribution in [0.15, 0.2) is 36.7 Å². The molecule has 0 radical (unpaired) electrons. The van der Waals surface area contributed by atoms with Gasteiger partial charge in [0.25, 0.3) is 5.91 Å². The third kappa shape index (κ3) is 1.92. The van der Waals surface area contributed by atoms with Crippen LogP contribution in [0.4, 0.5) is 0 Å². The van der Waals surface area contributed by atoms with Crippen molar-refractivity contribution in [2.24, 2.45) is 0 Å². The number of aromatic nitrogens is 2. The van der Waals surface area contributed by atoms with Crippen molar-refractivity contribution in [2.75, 3.05) is 0 Å². The molecule has 2 aromatic rings. The van der Waals surface area contributed by atoms with Gasteiger partial charge in [-0.3, -0.25) is 4.79 Å². The molecule has 0 aliphatic rings. The molecule has 0 atom stereocenters. The summed E-state index contributed by atoms with van der Waals surface area (Å²) in [6, 6.07) is 7.37. The molecule has 76 valence electrons. The van der Waals surface area contributed by atoms with Crippen LogP contribution in [0.1, 0.15) is 15.9 Å². The second-order valence-corrected chi connectivity index (χ2v) is 3.66. The molecule has 2 rings (SSSR count). The highest BCUT2D eigenvalue weighted by Gasteiger charge is 2.11. The summed E-state index contributed by atoms with van der Waals surface area (Å²) in [6.07, 6.45) is 2.94. The highest BCUT2D eigenvalue weighted by Crippen LogP contribution is 2.11. The number of hydrogen-bond acceptors (Lipinski definition) is 2. The summed E-state index contributed by atoms with van der Waals surface area (Å²) in [6.45, 7) is 1.89. The molecule has 0 saturated heterocycles. The second-order valence-electron chi connectivity index (χ2n) is 3.22. The zero-order chi connectivity index (χ0) is 10.8. The Hall–Kier alpha value is -1.61. The van der Waals surface area contributed by atoms with Crippen LogP contribution in [0.3, 0.4) is 0 Å². The van der Waals surface area contributed by atoms with E-state index in [1.807, 2.05) is 25.1 Å². The first-order valence-corrected chi connectivity index (χ1v) is 4.87. The lowest BCUT2D eigenvalue weighted by Gasteiger charge is -2.03. The molecular formula is C11H9ClN2O. The second kappa shape index (κ2) is 3.87. The van der Waals surface area contributed by atoms with Crippen LogP contribution in [-0.2, 0) is 0 Å². The molecule has 1 aromatic carbocycles. The van der Waals surface area contributed by atoms with Crippen molar-refractivity contribution < 1.29 is 4.79 Å². The third-order valence-corrected chi connectivity index (χ3v) is 2.33. The number of rotatable bonds is 1. The summed E-state index contributed by atoms with van der Waals surface area (Å²) in [5.41, 5.74) is 1.56. The standard InChI is InChI=1S/C11H9ClN2O/c1-8-4-2-3-5-10(8)11(15)14-7-9(12)6-13-14/h2-7H,1H3. The maximum atomic E-state index is 11.9. The Morgan fingerprint density at radius 3 is 2.73 bits per heavy atom. The van der Waals surface area contributed by atoms with Gasteiger partial charge in [0.2, 0.25) is 0 Å². The average Bonchev–Trinajstić information content (AvgIpc) is 2.65. The van der Waals surface area contributed by atoms with Gasteiger partial charge in [-0.25, -0.2) is 4.68 Å². The molecule has 0 amide bonds. The minimum absolute atomic E-state index is 0.167. The summed E-state index contributed by atoms with van der Waals surface area (Å²) < 4.78 is 1.24. The number of aryl methyl sites for hydroxylation is 1. The van der Waals surface area contributed by atoms with E-state index in [1.165, 1.54) is 17.1 Å². The van der Waals surface area contributed by atoms with Gasteiger partial charge in [-0.1, -0.05) is 29.8 Å². The Bertz CT molecular complexity index is 505. The first kappa shape index (κ1) is 9.93. The predicted octanol–water partition coefficient (Wildman–Crippen LogP) is 2.53. The Morgan fingerprint density at radius 1 is 1.40 bits per heavy atom. The third-order valence-electron chi connectivity index (χ3n) is 2.13. The van der Waals surface area contributed by atoms with Crippen molar-refractivity contribution in [1.82, 2.24) is 9.78 Å². The van der Waals surface area contributed by atoms with Crippen LogP contribution in [0.5, 0.6) is 0 Å². The molecule has 0 aliphatic heterocycles. The fourth-order valence-corrected chi connectivity index (χ4v) is 1.48. The van der Waals surface area contributed by atoms with Gasteiger partial charge in [-0.2, -0.15) is 5.10 Å². The van der Waals surface area contributed by atoms with Gasteiger partial charge < -0.3 is 0 Å². The van der Waals surface area contributed by atoms with Crippen molar-refractivity contribution >= 4 is 17.5 Å². The monoisotopic (exact) mass is 220 g/mol.